The molecule has 0 aromatic rings. The molecule has 7 N–H and O–H groups in total. The number of hydrogen-bond donors (Lipinski definition) is 7. The summed E-state index contributed by atoms with van der Waals surface area (Å²) in [6.45, 7) is 1.99. The Morgan fingerprint density at radius 1 is 0.739 bits per heavy atom. The van der Waals surface area contributed by atoms with Gasteiger partial charge in [-0.3, -0.25) is 9.59 Å². The standard InChI is InChI=1S/C32H56O14/c1-20(16-14-12-10-8-6-4-3-5-7-9-11-13-15-17-24(35)36)43-32-30(28(40)26(38)23(45-32)19-42-21(2)34)46-31-29(41)27(39)25(37)22(18-33)44-31/h3-4,20,22-23,25-33,37-41H,5-19H2,1-2H3,(H,35,36)/b4-3-. The van der Waals surface area contributed by atoms with Crippen LogP contribution in [0.15, 0.2) is 12.2 Å². The normalized spacial score (nSPS) is 32.4. The van der Waals surface area contributed by atoms with Crippen molar-refractivity contribution in [2.45, 2.75) is 165 Å². The first-order valence-corrected chi connectivity index (χ1v) is 16.6. The van der Waals surface area contributed by atoms with Crippen molar-refractivity contribution >= 4 is 11.9 Å². The molecule has 0 bridgehead atoms. The van der Waals surface area contributed by atoms with Gasteiger partial charge in [-0.15, -0.1) is 0 Å². The summed E-state index contributed by atoms with van der Waals surface area (Å²) < 4.78 is 28.1. The predicted molar refractivity (Wildman–Crippen MR) is 163 cm³/mol. The fraction of sp³-hybridized carbons (Fsp3) is 0.875. The largest absolute Gasteiger partial charge is 0.481 e. The highest BCUT2D eigenvalue weighted by molar-refractivity contribution is 5.66. The number of ether oxygens (including phenoxy) is 5. The third-order valence-corrected chi connectivity index (χ3v) is 8.26. The Hall–Kier alpha value is -1.72. The molecule has 0 spiro atoms. The Morgan fingerprint density at radius 3 is 1.91 bits per heavy atom. The molecule has 0 aromatic carbocycles. The fourth-order valence-corrected chi connectivity index (χ4v) is 5.48. The highest BCUT2D eigenvalue weighted by atomic mass is 16.8. The van der Waals surface area contributed by atoms with Crippen molar-refractivity contribution < 1.29 is 69.0 Å². The molecule has 2 saturated heterocycles. The van der Waals surface area contributed by atoms with Gasteiger partial charge in [0, 0.05) is 13.3 Å². The molecule has 2 aliphatic heterocycles. The van der Waals surface area contributed by atoms with Crippen molar-refractivity contribution in [2.75, 3.05) is 13.2 Å². The minimum absolute atomic E-state index is 0.249. The van der Waals surface area contributed by atoms with Crippen molar-refractivity contribution in [1.82, 2.24) is 0 Å². The SMILES string of the molecule is CC(=O)OCC1OC(OC(C)CCCCCC/C=C\CCCCCCCC(=O)O)C(OC2OC(CO)C(O)C(O)C2O)C(O)C1O. The van der Waals surface area contributed by atoms with Crippen LogP contribution in [0.25, 0.3) is 0 Å². The summed E-state index contributed by atoms with van der Waals surface area (Å²) in [6, 6.07) is 0. The lowest BCUT2D eigenvalue weighted by atomic mass is 9.97. The highest BCUT2D eigenvalue weighted by Gasteiger charge is 2.51. The Kier molecular flexibility index (Phi) is 19.4. The van der Waals surface area contributed by atoms with Crippen LogP contribution in [0.3, 0.4) is 0 Å². The first-order valence-electron chi connectivity index (χ1n) is 16.6. The monoisotopic (exact) mass is 664 g/mol. The molecule has 14 nitrogen and oxygen atoms in total. The summed E-state index contributed by atoms with van der Waals surface area (Å²) in [7, 11) is 0. The summed E-state index contributed by atoms with van der Waals surface area (Å²) in [5, 5.41) is 70.4. The number of aliphatic hydroxyl groups excluding tert-OH is 6. The van der Waals surface area contributed by atoms with E-state index in [1.165, 1.54) is 6.92 Å². The van der Waals surface area contributed by atoms with Crippen LogP contribution in [0.4, 0.5) is 0 Å². The Labute approximate surface area is 271 Å². The molecular formula is C32H56O14. The summed E-state index contributed by atoms with van der Waals surface area (Å²) >= 11 is 0. The van der Waals surface area contributed by atoms with E-state index in [0.717, 1.165) is 70.6 Å². The lowest BCUT2D eigenvalue weighted by molar-refractivity contribution is -0.371. The zero-order valence-electron chi connectivity index (χ0n) is 27.1. The third-order valence-electron chi connectivity index (χ3n) is 8.26. The molecule has 46 heavy (non-hydrogen) atoms. The zero-order valence-corrected chi connectivity index (χ0v) is 27.1. The van der Waals surface area contributed by atoms with Gasteiger partial charge in [-0.05, 0) is 45.4 Å². The van der Waals surface area contributed by atoms with Gasteiger partial charge in [-0.2, -0.15) is 0 Å². The van der Waals surface area contributed by atoms with E-state index in [2.05, 4.69) is 12.2 Å². The number of carboxylic acid groups (broad SMARTS) is 1. The number of allylic oxidation sites excluding steroid dienone is 2. The third kappa shape index (κ3) is 14.2. The van der Waals surface area contributed by atoms with Gasteiger partial charge >= 0.3 is 11.9 Å². The second-order valence-corrected chi connectivity index (χ2v) is 12.2. The molecule has 11 atom stereocenters. The Morgan fingerprint density at radius 2 is 1.30 bits per heavy atom. The smallest absolute Gasteiger partial charge is 0.303 e. The van der Waals surface area contributed by atoms with Crippen molar-refractivity contribution in [3.8, 4) is 0 Å². The van der Waals surface area contributed by atoms with E-state index in [0.29, 0.717) is 6.42 Å². The maximum absolute atomic E-state index is 11.3. The van der Waals surface area contributed by atoms with Crippen LogP contribution in [0.1, 0.15) is 97.3 Å². The first-order chi connectivity index (χ1) is 22.0. The van der Waals surface area contributed by atoms with Crippen molar-refractivity contribution in [3.05, 3.63) is 12.2 Å². The lowest BCUT2D eigenvalue weighted by Gasteiger charge is -2.46. The average molecular weight is 665 g/mol. The van der Waals surface area contributed by atoms with E-state index in [1.54, 1.807) is 0 Å². The molecule has 2 heterocycles. The van der Waals surface area contributed by atoms with E-state index in [-0.39, 0.29) is 19.1 Å². The van der Waals surface area contributed by atoms with Gasteiger partial charge in [0.2, 0.25) is 0 Å². The van der Waals surface area contributed by atoms with Crippen LogP contribution in [0, 0.1) is 0 Å². The van der Waals surface area contributed by atoms with Crippen molar-refractivity contribution in [1.29, 1.82) is 0 Å². The second kappa shape index (κ2) is 22.0. The molecule has 268 valence electrons. The molecule has 2 fully saturated rings. The molecule has 11 unspecified atom stereocenters. The molecular weight excluding hydrogens is 608 g/mol. The maximum Gasteiger partial charge on any atom is 0.303 e. The van der Waals surface area contributed by atoms with Gasteiger partial charge in [0.1, 0.15) is 55.4 Å². The Balaban J connectivity index is 1.79. The van der Waals surface area contributed by atoms with Crippen molar-refractivity contribution in [3.63, 3.8) is 0 Å². The highest BCUT2D eigenvalue weighted by Crippen LogP contribution is 2.31. The number of esters is 1. The van der Waals surface area contributed by atoms with Crippen molar-refractivity contribution in [2.24, 2.45) is 0 Å². The maximum atomic E-state index is 11.3. The van der Waals surface area contributed by atoms with Crippen LogP contribution in [-0.4, -0.2) is 128 Å². The van der Waals surface area contributed by atoms with Gasteiger partial charge in [-0.1, -0.05) is 50.7 Å². The topological polar surface area (TPSA) is 222 Å². The molecule has 14 heteroatoms. The van der Waals surface area contributed by atoms with Crippen LogP contribution in [0.2, 0.25) is 0 Å². The van der Waals surface area contributed by atoms with Crippen LogP contribution < -0.4 is 0 Å². The van der Waals surface area contributed by atoms with E-state index in [4.69, 9.17) is 28.8 Å². The van der Waals surface area contributed by atoms with Gasteiger partial charge < -0.3 is 59.4 Å². The average Bonchev–Trinajstić information content (AvgIpc) is 3.01. The summed E-state index contributed by atoms with van der Waals surface area (Å²) in [6.07, 6.45) is 1.03. The lowest BCUT2D eigenvalue weighted by Crippen LogP contribution is -2.65. The van der Waals surface area contributed by atoms with Gasteiger partial charge in [-0.25, -0.2) is 0 Å². The molecule has 0 aromatic heterocycles. The van der Waals surface area contributed by atoms with Gasteiger partial charge in [0.05, 0.1) is 12.7 Å². The molecule has 0 aliphatic carbocycles. The van der Waals surface area contributed by atoms with E-state index in [1.807, 2.05) is 6.92 Å². The predicted octanol–water partition coefficient (Wildman–Crippen LogP) is 1.30. The quantitative estimate of drug-likeness (QED) is 0.0493. The van der Waals surface area contributed by atoms with Gasteiger partial charge in [0.25, 0.3) is 0 Å². The molecule has 2 rings (SSSR count). The summed E-state index contributed by atoms with van der Waals surface area (Å²) in [5.74, 6) is -1.33. The zero-order chi connectivity index (χ0) is 34.1. The van der Waals surface area contributed by atoms with Crippen LogP contribution in [-0.2, 0) is 33.3 Å². The first kappa shape index (κ1) is 40.5. The number of carboxylic acids is 1. The number of hydrogen-bond acceptors (Lipinski definition) is 13. The summed E-state index contributed by atoms with van der Waals surface area (Å²) in [4.78, 5) is 21.9. The van der Waals surface area contributed by atoms with E-state index in [9.17, 15) is 40.2 Å². The van der Waals surface area contributed by atoms with E-state index < -0.39 is 80.0 Å². The number of carbonyl (C=O) groups is 2. The fourth-order valence-electron chi connectivity index (χ4n) is 5.48. The number of aliphatic carboxylic acids is 1. The molecule has 0 amide bonds. The van der Waals surface area contributed by atoms with Gasteiger partial charge in [0.15, 0.2) is 12.6 Å². The second-order valence-electron chi connectivity index (χ2n) is 12.2. The number of rotatable bonds is 22. The van der Waals surface area contributed by atoms with Crippen LogP contribution >= 0.6 is 0 Å². The number of aliphatic hydroxyl groups is 6. The minimum Gasteiger partial charge on any atom is -0.481 e. The van der Waals surface area contributed by atoms with E-state index >= 15 is 0 Å². The molecule has 0 radical (unpaired) electrons. The Bertz CT molecular complexity index is 885. The minimum atomic E-state index is -1.74. The summed E-state index contributed by atoms with van der Waals surface area (Å²) in [5.41, 5.74) is 0. The van der Waals surface area contributed by atoms with Crippen LogP contribution in [0.5, 0.6) is 0 Å². The number of carbonyl (C=O) groups excluding carboxylic acids is 1. The molecule has 2 aliphatic rings. The molecule has 0 saturated carbocycles. The number of unbranched alkanes of at least 4 members (excludes halogenated alkanes) is 9.